The van der Waals surface area contributed by atoms with Crippen molar-refractivity contribution in [3.05, 3.63) is 277 Å². The highest BCUT2D eigenvalue weighted by Crippen LogP contribution is 2.56. The van der Waals surface area contributed by atoms with E-state index in [1.54, 1.807) is 0 Å². The smallest absolute Gasteiger partial charge is 0.160 e. The number of furan rings is 1. The zero-order valence-corrected chi connectivity index (χ0v) is 37.1. The summed E-state index contributed by atoms with van der Waals surface area (Å²) in [6, 6.07) is 91.2. The summed E-state index contributed by atoms with van der Waals surface area (Å²) in [4.78, 5) is 10.8. The summed E-state index contributed by atoms with van der Waals surface area (Å²) in [6.45, 7) is 0. The van der Waals surface area contributed by atoms with Gasteiger partial charge >= 0.3 is 0 Å². The molecule has 12 aromatic rings. The standard InChI is InChI=1S/C65H42N2O/c1-5-20-43(21-6-1)51-28-13-14-29-52(51)46-38-47(53-32-19-33-56-55-31-16-18-35-62(55)68-63(53)56)40-48(39-46)61-42-60(66-64(67-61)44-22-7-2-8-23-44)45-36-37-59-57(41-45)54-30-15-17-34-58(54)65(59,49-24-9-3-10-25-49)50-26-11-4-12-27-50/h1-42H. The first-order valence-electron chi connectivity index (χ1n) is 23.2. The highest BCUT2D eigenvalue weighted by molar-refractivity contribution is 6.10. The predicted octanol–water partition coefficient (Wildman–Crippen LogP) is 16.7. The molecule has 13 rings (SSSR count). The summed E-state index contributed by atoms with van der Waals surface area (Å²) in [5.74, 6) is 0.665. The second-order valence-electron chi connectivity index (χ2n) is 17.6. The summed E-state index contributed by atoms with van der Waals surface area (Å²) in [5.41, 5.74) is 19.9. The summed E-state index contributed by atoms with van der Waals surface area (Å²) < 4.78 is 6.68. The third-order valence-electron chi connectivity index (χ3n) is 13.8. The molecule has 0 saturated heterocycles. The molecule has 2 aromatic heterocycles. The highest BCUT2D eigenvalue weighted by Gasteiger charge is 2.46. The van der Waals surface area contributed by atoms with Gasteiger partial charge in [0.25, 0.3) is 0 Å². The second-order valence-corrected chi connectivity index (χ2v) is 17.6. The van der Waals surface area contributed by atoms with Crippen LogP contribution in [0.5, 0.6) is 0 Å². The van der Waals surface area contributed by atoms with Gasteiger partial charge in [0.1, 0.15) is 11.2 Å². The lowest BCUT2D eigenvalue weighted by Gasteiger charge is -2.33. The topological polar surface area (TPSA) is 38.9 Å². The number of para-hydroxylation sites is 2. The van der Waals surface area contributed by atoms with Gasteiger partial charge in [0.05, 0.1) is 16.8 Å². The van der Waals surface area contributed by atoms with Crippen molar-refractivity contribution in [3.63, 3.8) is 0 Å². The van der Waals surface area contributed by atoms with E-state index in [0.29, 0.717) is 5.82 Å². The van der Waals surface area contributed by atoms with Crippen LogP contribution in [0.15, 0.2) is 259 Å². The normalized spacial score (nSPS) is 12.5. The molecule has 3 heteroatoms. The van der Waals surface area contributed by atoms with Crippen LogP contribution in [-0.2, 0) is 5.41 Å². The maximum absolute atomic E-state index is 6.68. The quantitative estimate of drug-likeness (QED) is 0.153. The van der Waals surface area contributed by atoms with Gasteiger partial charge in [-0.15, -0.1) is 0 Å². The molecule has 0 fully saturated rings. The Labute approximate surface area is 395 Å². The van der Waals surface area contributed by atoms with Crippen LogP contribution in [0, 0.1) is 0 Å². The van der Waals surface area contributed by atoms with E-state index in [4.69, 9.17) is 14.4 Å². The SMILES string of the molecule is c1ccc(-c2nc(-c3cc(-c4ccccc4-c4ccccc4)cc(-c4cccc5c4oc4ccccc45)c3)cc(-c3ccc4c(c3)-c3ccccc3C4(c3ccccc3)c3ccccc3)n2)cc1. The number of benzene rings is 10. The molecule has 0 N–H and O–H groups in total. The molecule has 0 spiro atoms. The van der Waals surface area contributed by atoms with Crippen molar-refractivity contribution in [1.82, 2.24) is 9.97 Å². The van der Waals surface area contributed by atoms with Gasteiger partial charge in [-0.2, -0.15) is 0 Å². The average Bonchev–Trinajstić information content (AvgIpc) is 3.95. The highest BCUT2D eigenvalue weighted by atomic mass is 16.3. The Morgan fingerprint density at radius 2 is 0.794 bits per heavy atom. The fourth-order valence-corrected chi connectivity index (χ4v) is 10.7. The fraction of sp³-hybridized carbons (Fsp3) is 0.0154. The van der Waals surface area contributed by atoms with Crippen LogP contribution in [0.25, 0.3) is 100 Å². The largest absolute Gasteiger partial charge is 0.455 e. The number of aromatic nitrogens is 2. The average molecular weight is 867 g/mol. The van der Waals surface area contributed by atoms with Gasteiger partial charge < -0.3 is 4.42 Å². The lowest BCUT2D eigenvalue weighted by atomic mass is 9.67. The molecule has 3 nitrogen and oxygen atoms in total. The van der Waals surface area contributed by atoms with Gasteiger partial charge in [-0.3, -0.25) is 0 Å². The minimum absolute atomic E-state index is 0.491. The molecule has 2 heterocycles. The van der Waals surface area contributed by atoms with E-state index < -0.39 is 5.41 Å². The van der Waals surface area contributed by atoms with Crippen molar-refractivity contribution in [1.29, 1.82) is 0 Å². The van der Waals surface area contributed by atoms with Gasteiger partial charge in [0, 0.05) is 33.0 Å². The molecular weight excluding hydrogens is 825 g/mol. The van der Waals surface area contributed by atoms with E-state index >= 15 is 0 Å². The van der Waals surface area contributed by atoms with E-state index in [9.17, 15) is 0 Å². The molecule has 0 saturated carbocycles. The van der Waals surface area contributed by atoms with Crippen LogP contribution in [-0.4, -0.2) is 9.97 Å². The summed E-state index contributed by atoms with van der Waals surface area (Å²) in [6.07, 6.45) is 0. The Kier molecular flexibility index (Phi) is 9.40. The number of hydrogen-bond acceptors (Lipinski definition) is 3. The lowest BCUT2D eigenvalue weighted by molar-refractivity contribution is 0.670. The molecule has 68 heavy (non-hydrogen) atoms. The van der Waals surface area contributed by atoms with Crippen LogP contribution in [0.3, 0.4) is 0 Å². The van der Waals surface area contributed by atoms with E-state index in [1.807, 2.05) is 18.2 Å². The number of hydrogen-bond donors (Lipinski definition) is 0. The van der Waals surface area contributed by atoms with E-state index in [0.717, 1.165) is 83.4 Å². The molecular formula is C65H42N2O. The third-order valence-corrected chi connectivity index (χ3v) is 13.8. The number of rotatable bonds is 8. The first kappa shape index (κ1) is 39.4. The Balaban J connectivity index is 1.04. The predicted molar refractivity (Wildman–Crippen MR) is 279 cm³/mol. The minimum Gasteiger partial charge on any atom is -0.455 e. The molecule has 1 aliphatic rings. The second kappa shape index (κ2) is 16.2. The van der Waals surface area contributed by atoms with Crippen molar-refractivity contribution >= 4 is 21.9 Å². The van der Waals surface area contributed by atoms with Crippen LogP contribution in [0.2, 0.25) is 0 Å². The number of fused-ring (bicyclic) bond motifs is 6. The van der Waals surface area contributed by atoms with Gasteiger partial charge in [0.15, 0.2) is 5.82 Å². The van der Waals surface area contributed by atoms with Crippen molar-refractivity contribution in [2.45, 2.75) is 5.41 Å². The van der Waals surface area contributed by atoms with Crippen molar-refractivity contribution in [3.8, 4) is 78.4 Å². The van der Waals surface area contributed by atoms with Crippen molar-refractivity contribution in [2.75, 3.05) is 0 Å². The molecule has 0 atom stereocenters. The van der Waals surface area contributed by atoms with Crippen molar-refractivity contribution < 1.29 is 4.42 Å². The monoisotopic (exact) mass is 866 g/mol. The van der Waals surface area contributed by atoms with E-state index in [-0.39, 0.29) is 0 Å². The lowest BCUT2D eigenvalue weighted by Crippen LogP contribution is -2.28. The third kappa shape index (κ3) is 6.43. The van der Waals surface area contributed by atoms with Crippen LogP contribution < -0.4 is 0 Å². The van der Waals surface area contributed by atoms with Crippen LogP contribution >= 0.6 is 0 Å². The molecule has 0 unspecified atom stereocenters. The van der Waals surface area contributed by atoms with Gasteiger partial charge in [-0.1, -0.05) is 218 Å². The zero-order chi connectivity index (χ0) is 45.0. The first-order chi connectivity index (χ1) is 33.7. The van der Waals surface area contributed by atoms with Crippen LogP contribution in [0.1, 0.15) is 22.3 Å². The Hall–Kier alpha value is -8.92. The van der Waals surface area contributed by atoms with E-state index in [1.165, 1.54) is 33.4 Å². The Morgan fingerprint density at radius 1 is 0.294 bits per heavy atom. The molecule has 0 radical (unpaired) electrons. The summed E-state index contributed by atoms with van der Waals surface area (Å²) in [5, 5.41) is 2.19. The Bertz CT molecular complexity index is 3800. The van der Waals surface area contributed by atoms with Gasteiger partial charge in [-0.25, -0.2) is 9.97 Å². The van der Waals surface area contributed by atoms with Crippen LogP contribution in [0.4, 0.5) is 0 Å². The van der Waals surface area contributed by atoms with Crippen molar-refractivity contribution in [2.24, 2.45) is 0 Å². The molecule has 0 amide bonds. The molecule has 10 aromatic carbocycles. The first-order valence-corrected chi connectivity index (χ1v) is 23.2. The van der Waals surface area contributed by atoms with E-state index in [2.05, 4.69) is 237 Å². The summed E-state index contributed by atoms with van der Waals surface area (Å²) >= 11 is 0. The maximum atomic E-state index is 6.68. The molecule has 0 aliphatic heterocycles. The fourth-order valence-electron chi connectivity index (χ4n) is 10.7. The molecule has 318 valence electrons. The molecule has 1 aliphatic carbocycles. The van der Waals surface area contributed by atoms with Gasteiger partial charge in [-0.05, 0) is 97.6 Å². The minimum atomic E-state index is -0.491. The van der Waals surface area contributed by atoms with Gasteiger partial charge in [0.2, 0.25) is 0 Å². The number of nitrogens with zero attached hydrogens (tertiary/aromatic N) is 2. The summed E-state index contributed by atoms with van der Waals surface area (Å²) in [7, 11) is 0. The maximum Gasteiger partial charge on any atom is 0.160 e. The Morgan fingerprint density at radius 3 is 1.50 bits per heavy atom. The molecule has 0 bridgehead atoms. The zero-order valence-electron chi connectivity index (χ0n) is 37.1.